The van der Waals surface area contributed by atoms with Gasteiger partial charge in [0.05, 0.1) is 13.2 Å². The van der Waals surface area contributed by atoms with Crippen molar-refractivity contribution in [1.29, 1.82) is 0 Å². The summed E-state index contributed by atoms with van der Waals surface area (Å²) in [7, 11) is 0. The van der Waals surface area contributed by atoms with Gasteiger partial charge < -0.3 is 42.7 Å². The molecule has 14 heteroatoms. The fourth-order valence-electron chi connectivity index (χ4n) is 1.84. The van der Waals surface area contributed by atoms with E-state index in [2.05, 4.69) is 28.6 Å². The zero-order valence-electron chi connectivity index (χ0n) is 14.8. The fourth-order valence-corrected chi connectivity index (χ4v) is 2.09. The topological polar surface area (TPSA) is 234 Å². The predicted octanol–water partition coefficient (Wildman–Crippen LogP) is -4.97. The van der Waals surface area contributed by atoms with Gasteiger partial charge >= 0.3 is 5.97 Å². The fraction of sp³-hybridized carbons (Fsp3) is 0.643. The second-order valence-electron chi connectivity index (χ2n) is 5.68. The number of hydrogen-bond acceptors (Lipinski definition) is 9. The summed E-state index contributed by atoms with van der Waals surface area (Å²) in [5, 5.41) is 33.5. The molecule has 0 bridgehead atoms. The lowest BCUT2D eigenvalue weighted by molar-refractivity contribution is -0.141. The summed E-state index contributed by atoms with van der Waals surface area (Å²) in [6.07, 6.45) is -0.559. The Bertz CT molecular complexity index is 590. The minimum Gasteiger partial charge on any atom is -0.480 e. The first-order chi connectivity index (χ1) is 13.1. The van der Waals surface area contributed by atoms with E-state index in [1.807, 2.05) is 0 Å². The summed E-state index contributed by atoms with van der Waals surface area (Å²) in [5.74, 6) is -5.20. The Morgan fingerprint density at radius 2 is 1.36 bits per heavy atom. The molecule has 0 fully saturated rings. The molecule has 28 heavy (non-hydrogen) atoms. The van der Waals surface area contributed by atoms with Crippen molar-refractivity contribution in [2.75, 3.05) is 19.0 Å². The van der Waals surface area contributed by atoms with E-state index in [4.69, 9.17) is 21.7 Å². The first-order valence-corrected chi connectivity index (χ1v) is 8.70. The number of hydrogen-bond donors (Lipinski definition) is 9. The highest BCUT2D eigenvalue weighted by Gasteiger charge is 2.29. The van der Waals surface area contributed by atoms with Crippen molar-refractivity contribution in [1.82, 2.24) is 16.0 Å². The van der Waals surface area contributed by atoms with Gasteiger partial charge in [0.1, 0.15) is 24.2 Å². The number of primary amides is 1. The number of aliphatic carboxylic acids is 1. The zero-order chi connectivity index (χ0) is 21.9. The van der Waals surface area contributed by atoms with Crippen molar-refractivity contribution in [3.8, 4) is 0 Å². The highest BCUT2D eigenvalue weighted by atomic mass is 32.1. The second-order valence-corrected chi connectivity index (χ2v) is 6.05. The molecule has 4 atom stereocenters. The standard InChI is InChI=1S/C14H25N5O8S/c15-6(3-20)11(23)18-8(4-21)13(25)17-7(1-2-10(16)22)12(24)19-9(5-28)14(26)27/h6-9,20-21,28H,1-5,15H2,(H2,16,22)(H,17,25)(H,18,23)(H,19,24)(H,26,27). The van der Waals surface area contributed by atoms with Crippen LogP contribution >= 0.6 is 12.6 Å². The van der Waals surface area contributed by atoms with Crippen LogP contribution in [0.1, 0.15) is 12.8 Å². The Kier molecular flexibility index (Phi) is 11.8. The maximum Gasteiger partial charge on any atom is 0.327 e. The Hall–Kier alpha value is -2.42. The Labute approximate surface area is 165 Å². The lowest BCUT2D eigenvalue weighted by Gasteiger charge is -2.23. The maximum absolute atomic E-state index is 12.3. The number of carboxylic acid groups (broad SMARTS) is 1. The van der Waals surface area contributed by atoms with Crippen LogP contribution in [0.2, 0.25) is 0 Å². The third-order valence-electron chi connectivity index (χ3n) is 3.46. The van der Waals surface area contributed by atoms with Crippen molar-refractivity contribution in [2.45, 2.75) is 37.0 Å². The van der Waals surface area contributed by atoms with Gasteiger partial charge in [-0.3, -0.25) is 19.2 Å². The zero-order valence-corrected chi connectivity index (χ0v) is 15.7. The highest BCUT2D eigenvalue weighted by Crippen LogP contribution is 2.01. The molecule has 0 aromatic carbocycles. The Balaban J connectivity index is 5.20. The molecule has 0 radical (unpaired) electrons. The molecule has 10 N–H and O–H groups in total. The van der Waals surface area contributed by atoms with Gasteiger partial charge in [-0.2, -0.15) is 12.6 Å². The summed E-state index contributed by atoms with van der Waals surface area (Å²) in [5.41, 5.74) is 10.3. The summed E-state index contributed by atoms with van der Waals surface area (Å²) in [6, 6.07) is -5.56. The van der Waals surface area contributed by atoms with E-state index in [1.54, 1.807) is 0 Å². The Morgan fingerprint density at radius 1 is 0.857 bits per heavy atom. The Morgan fingerprint density at radius 3 is 1.79 bits per heavy atom. The second kappa shape index (κ2) is 12.9. The van der Waals surface area contributed by atoms with Gasteiger partial charge in [-0.15, -0.1) is 0 Å². The average molecular weight is 423 g/mol. The third kappa shape index (κ3) is 8.98. The van der Waals surface area contributed by atoms with Crippen LogP contribution in [-0.2, 0) is 24.0 Å². The van der Waals surface area contributed by atoms with Gasteiger partial charge in [-0.25, -0.2) is 4.79 Å². The number of carboxylic acids is 1. The van der Waals surface area contributed by atoms with Crippen LogP contribution in [0.15, 0.2) is 0 Å². The van der Waals surface area contributed by atoms with Crippen LogP contribution in [0.25, 0.3) is 0 Å². The molecule has 160 valence electrons. The van der Waals surface area contributed by atoms with Gasteiger partial charge in [-0.1, -0.05) is 0 Å². The molecule has 0 saturated heterocycles. The molecule has 0 aromatic rings. The molecule has 0 heterocycles. The van der Waals surface area contributed by atoms with Crippen LogP contribution in [0.4, 0.5) is 0 Å². The number of rotatable bonds is 13. The highest BCUT2D eigenvalue weighted by molar-refractivity contribution is 7.80. The average Bonchev–Trinajstić information content (AvgIpc) is 2.65. The van der Waals surface area contributed by atoms with Gasteiger partial charge in [-0.05, 0) is 6.42 Å². The molecule has 13 nitrogen and oxygen atoms in total. The van der Waals surface area contributed by atoms with Gasteiger partial charge in [0.25, 0.3) is 0 Å². The number of aliphatic hydroxyl groups excluding tert-OH is 2. The number of thiol groups is 1. The van der Waals surface area contributed by atoms with Crippen molar-refractivity contribution >= 4 is 42.2 Å². The van der Waals surface area contributed by atoms with Crippen molar-refractivity contribution in [3.63, 3.8) is 0 Å². The van der Waals surface area contributed by atoms with Crippen LogP contribution in [-0.4, -0.2) is 88.1 Å². The number of carbonyl (C=O) groups excluding carboxylic acids is 4. The summed E-state index contributed by atoms with van der Waals surface area (Å²) < 4.78 is 0. The molecule has 0 aliphatic carbocycles. The molecule has 0 spiro atoms. The molecule has 0 saturated carbocycles. The van der Waals surface area contributed by atoms with Crippen LogP contribution in [0, 0.1) is 0 Å². The lowest BCUT2D eigenvalue weighted by atomic mass is 10.1. The summed E-state index contributed by atoms with van der Waals surface area (Å²) in [4.78, 5) is 58.2. The van der Waals surface area contributed by atoms with Gasteiger partial charge in [0.2, 0.25) is 23.6 Å². The lowest BCUT2D eigenvalue weighted by Crippen LogP contribution is -2.58. The van der Waals surface area contributed by atoms with E-state index >= 15 is 0 Å². The molecule has 0 aliphatic heterocycles. The molecule has 4 unspecified atom stereocenters. The minimum atomic E-state index is -1.51. The number of nitrogens with two attached hydrogens (primary N) is 2. The van der Waals surface area contributed by atoms with E-state index in [0.29, 0.717) is 0 Å². The number of aliphatic hydroxyl groups is 2. The van der Waals surface area contributed by atoms with E-state index in [-0.39, 0.29) is 18.6 Å². The SMILES string of the molecule is NC(=O)CCC(NC(=O)C(CO)NC(=O)C(N)CO)C(=O)NC(CS)C(=O)O. The number of amides is 4. The van der Waals surface area contributed by atoms with E-state index in [0.717, 1.165) is 0 Å². The van der Waals surface area contributed by atoms with E-state index < -0.39 is 67.0 Å². The van der Waals surface area contributed by atoms with E-state index in [1.165, 1.54) is 0 Å². The summed E-state index contributed by atoms with van der Waals surface area (Å²) >= 11 is 3.80. The smallest absolute Gasteiger partial charge is 0.327 e. The molecular weight excluding hydrogens is 398 g/mol. The quantitative estimate of drug-likeness (QED) is 0.129. The largest absolute Gasteiger partial charge is 0.480 e. The van der Waals surface area contributed by atoms with Crippen molar-refractivity contribution < 1.29 is 39.3 Å². The van der Waals surface area contributed by atoms with Crippen LogP contribution in [0.3, 0.4) is 0 Å². The predicted molar refractivity (Wildman–Crippen MR) is 97.9 cm³/mol. The number of carbonyl (C=O) groups is 5. The molecule has 0 aromatic heterocycles. The normalized spacial score (nSPS) is 14.9. The van der Waals surface area contributed by atoms with Crippen molar-refractivity contribution in [2.24, 2.45) is 11.5 Å². The molecular formula is C14H25N5O8S. The first-order valence-electron chi connectivity index (χ1n) is 8.07. The molecule has 0 rings (SSSR count). The van der Waals surface area contributed by atoms with Crippen LogP contribution < -0.4 is 27.4 Å². The minimum absolute atomic E-state index is 0.230. The van der Waals surface area contributed by atoms with Gasteiger partial charge in [0.15, 0.2) is 0 Å². The first kappa shape index (κ1) is 25.6. The van der Waals surface area contributed by atoms with Crippen LogP contribution in [0.5, 0.6) is 0 Å². The third-order valence-corrected chi connectivity index (χ3v) is 3.82. The van der Waals surface area contributed by atoms with Gasteiger partial charge in [0, 0.05) is 12.2 Å². The van der Waals surface area contributed by atoms with E-state index in [9.17, 15) is 29.1 Å². The summed E-state index contributed by atoms with van der Waals surface area (Å²) in [6.45, 7) is -1.55. The monoisotopic (exact) mass is 423 g/mol. The molecule has 0 aliphatic rings. The van der Waals surface area contributed by atoms with Crippen molar-refractivity contribution in [3.05, 3.63) is 0 Å². The number of nitrogens with one attached hydrogen (secondary N) is 3. The maximum atomic E-state index is 12.3. The molecule has 4 amide bonds.